The number of Topliss-reactive ketones (excluding diaryl/α,β-unsaturated/α-hetero) is 1. The third-order valence-corrected chi connectivity index (χ3v) is 2.78. The van der Waals surface area contributed by atoms with Crippen molar-refractivity contribution in [3.8, 4) is 0 Å². The fourth-order valence-electron chi connectivity index (χ4n) is 1.75. The van der Waals surface area contributed by atoms with Crippen molar-refractivity contribution in [1.82, 2.24) is 9.97 Å². The van der Waals surface area contributed by atoms with Crippen LogP contribution in [0.3, 0.4) is 0 Å². The zero-order valence-electron chi connectivity index (χ0n) is 12.1. The summed E-state index contributed by atoms with van der Waals surface area (Å²) >= 11 is 0. The fraction of sp³-hybridized carbons (Fsp3) is 0.583. The highest BCUT2D eigenvalue weighted by Crippen LogP contribution is 2.27. The topological polar surface area (TPSA) is 101 Å². The van der Waals surface area contributed by atoms with Gasteiger partial charge in [-0.15, -0.1) is 0 Å². The standard InChI is InChI=1S/C12H19N5O3/c1-5-16(6-2)12-14-9(4)10(17(19)20)11(15-12)13-7-8(3)18/h5-7H2,1-4H3,(H,13,14,15). The van der Waals surface area contributed by atoms with Crippen molar-refractivity contribution in [3.63, 3.8) is 0 Å². The van der Waals surface area contributed by atoms with Crippen LogP contribution in [0.15, 0.2) is 0 Å². The number of hydrogen-bond donors (Lipinski definition) is 1. The lowest BCUT2D eigenvalue weighted by molar-refractivity contribution is -0.385. The van der Waals surface area contributed by atoms with E-state index in [9.17, 15) is 14.9 Å². The van der Waals surface area contributed by atoms with Crippen LogP contribution in [0.4, 0.5) is 17.5 Å². The van der Waals surface area contributed by atoms with E-state index < -0.39 is 4.92 Å². The Bertz CT molecular complexity index is 514. The van der Waals surface area contributed by atoms with Crippen molar-refractivity contribution < 1.29 is 9.72 Å². The Morgan fingerprint density at radius 2 is 1.95 bits per heavy atom. The summed E-state index contributed by atoms with van der Waals surface area (Å²) in [6, 6.07) is 0. The molecule has 0 aliphatic rings. The second kappa shape index (κ2) is 6.78. The van der Waals surface area contributed by atoms with Crippen molar-refractivity contribution in [2.24, 2.45) is 0 Å². The van der Waals surface area contributed by atoms with Gasteiger partial charge in [-0.25, -0.2) is 4.98 Å². The van der Waals surface area contributed by atoms with Crippen molar-refractivity contribution in [2.45, 2.75) is 27.7 Å². The molecule has 0 saturated carbocycles. The Morgan fingerprint density at radius 1 is 1.35 bits per heavy atom. The van der Waals surface area contributed by atoms with Gasteiger partial charge >= 0.3 is 5.69 Å². The van der Waals surface area contributed by atoms with Crippen LogP contribution in [0.5, 0.6) is 0 Å². The maximum Gasteiger partial charge on any atom is 0.332 e. The average Bonchev–Trinajstić information content (AvgIpc) is 2.36. The summed E-state index contributed by atoms with van der Waals surface area (Å²) < 4.78 is 0. The fourth-order valence-corrected chi connectivity index (χ4v) is 1.75. The molecule has 0 aliphatic carbocycles. The SMILES string of the molecule is CCN(CC)c1nc(C)c([N+](=O)[O-])c(NCC(C)=O)n1. The van der Waals surface area contributed by atoms with E-state index in [1.165, 1.54) is 6.92 Å². The zero-order chi connectivity index (χ0) is 15.3. The van der Waals surface area contributed by atoms with Gasteiger partial charge in [0.2, 0.25) is 11.8 Å². The minimum Gasteiger partial charge on any atom is -0.357 e. The average molecular weight is 281 g/mol. The van der Waals surface area contributed by atoms with Gasteiger partial charge in [-0.1, -0.05) is 0 Å². The molecule has 0 unspecified atom stereocenters. The van der Waals surface area contributed by atoms with Gasteiger partial charge in [0.25, 0.3) is 0 Å². The molecule has 0 bridgehead atoms. The van der Waals surface area contributed by atoms with Gasteiger partial charge in [0, 0.05) is 13.1 Å². The van der Waals surface area contributed by atoms with Gasteiger partial charge < -0.3 is 10.2 Å². The van der Waals surface area contributed by atoms with Crippen molar-refractivity contribution in [3.05, 3.63) is 15.8 Å². The molecule has 0 aliphatic heterocycles. The van der Waals surface area contributed by atoms with Crippen molar-refractivity contribution in [1.29, 1.82) is 0 Å². The van der Waals surface area contributed by atoms with Crippen LogP contribution in [-0.2, 0) is 4.79 Å². The molecule has 8 nitrogen and oxygen atoms in total. The third-order valence-electron chi connectivity index (χ3n) is 2.78. The van der Waals surface area contributed by atoms with E-state index in [2.05, 4.69) is 15.3 Å². The van der Waals surface area contributed by atoms with E-state index in [1.54, 1.807) is 6.92 Å². The molecule has 1 heterocycles. The van der Waals surface area contributed by atoms with Crippen LogP contribution in [0.25, 0.3) is 0 Å². The van der Waals surface area contributed by atoms with Gasteiger partial charge in [0.1, 0.15) is 11.5 Å². The summed E-state index contributed by atoms with van der Waals surface area (Å²) in [7, 11) is 0. The number of rotatable bonds is 7. The molecule has 0 radical (unpaired) electrons. The quantitative estimate of drug-likeness (QED) is 0.597. The Balaban J connectivity index is 3.27. The molecule has 0 aromatic carbocycles. The highest BCUT2D eigenvalue weighted by Gasteiger charge is 2.23. The predicted octanol–water partition coefficient (Wildman–Crippen LogP) is 1.54. The summed E-state index contributed by atoms with van der Waals surface area (Å²) in [6.45, 7) is 8.25. The molecular weight excluding hydrogens is 262 g/mol. The van der Waals surface area contributed by atoms with Crippen molar-refractivity contribution in [2.75, 3.05) is 29.9 Å². The molecule has 1 aromatic rings. The number of nitrogens with one attached hydrogen (secondary N) is 1. The molecule has 0 fully saturated rings. The number of ketones is 1. The lowest BCUT2D eigenvalue weighted by atomic mass is 10.3. The first-order valence-corrected chi connectivity index (χ1v) is 6.41. The summed E-state index contributed by atoms with van der Waals surface area (Å²) in [5.74, 6) is 0.378. The summed E-state index contributed by atoms with van der Waals surface area (Å²) in [6.07, 6.45) is 0. The van der Waals surface area contributed by atoms with E-state index in [-0.39, 0.29) is 29.5 Å². The smallest absolute Gasteiger partial charge is 0.332 e. The zero-order valence-corrected chi connectivity index (χ0v) is 12.1. The van der Waals surface area contributed by atoms with E-state index in [4.69, 9.17) is 0 Å². The Morgan fingerprint density at radius 3 is 2.40 bits per heavy atom. The number of nitro groups is 1. The first-order chi connectivity index (χ1) is 9.40. The molecular formula is C12H19N5O3. The van der Waals surface area contributed by atoms with Crippen molar-refractivity contribution >= 4 is 23.2 Å². The summed E-state index contributed by atoms with van der Waals surface area (Å²) in [5, 5.41) is 13.8. The number of anilines is 2. The molecule has 0 atom stereocenters. The Labute approximate surface area is 117 Å². The van der Waals surface area contributed by atoms with Crippen LogP contribution < -0.4 is 10.2 Å². The normalized spacial score (nSPS) is 10.2. The number of carbonyl (C=O) groups is 1. The van der Waals surface area contributed by atoms with Gasteiger partial charge in [-0.2, -0.15) is 4.98 Å². The number of nitrogens with zero attached hydrogens (tertiary/aromatic N) is 4. The number of carbonyl (C=O) groups excluding carboxylic acids is 1. The Kier molecular flexibility index (Phi) is 5.36. The molecule has 8 heteroatoms. The number of hydrogen-bond acceptors (Lipinski definition) is 7. The van der Waals surface area contributed by atoms with Crippen LogP contribution in [0.1, 0.15) is 26.5 Å². The monoisotopic (exact) mass is 281 g/mol. The summed E-state index contributed by atoms with van der Waals surface area (Å²) in [5.41, 5.74) is 0.0834. The maximum absolute atomic E-state index is 11.1. The highest BCUT2D eigenvalue weighted by atomic mass is 16.6. The van der Waals surface area contributed by atoms with Gasteiger partial charge in [-0.3, -0.25) is 14.9 Å². The lowest BCUT2D eigenvalue weighted by Crippen LogP contribution is -2.25. The van der Waals surface area contributed by atoms with E-state index in [0.29, 0.717) is 19.0 Å². The molecule has 20 heavy (non-hydrogen) atoms. The maximum atomic E-state index is 11.1. The minimum absolute atomic E-state index is 0.00498. The van der Waals surface area contributed by atoms with Crippen LogP contribution in [-0.4, -0.2) is 40.3 Å². The second-order valence-corrected chi connectivity index (χ2v) is 4.29. The first-order valence-electron chi connectivity index (χ1n) is 6.41. The van der Waals surface area contributed by atoms with Gasteiger partial charge in [-0.05, 0) is 27.7 Å². The first kappa shape index (κ1) is 15.8. The largest absolute Gasteiger partial charge is 0.357 e. The second-order valence-electron chi connectivity index (χ2n) is 4.29. The highest BCUT2D eigenvalue weighted by molar-refractivity contribution is 5.81. The lowest BCUT2D eigenvalue weighted by Gasteiger charge is -2.19. The molecule has 1 rings (SSSR count). The molecule has 0 spiro atoms. The number of aromatic nitrogens is 2. The van der Waals surface area contributed by atoms with Crippen LogP contribution in [0.2, 0.25) is 0 Å². The molecule has 0 saturated heterocycles. The van der Waals surface area contributed by atoms with Crippen LogP contribution >= 0.6 is 0 Å². The minimum atomic E-state index is -0.538. The third kappa shape index (κ3) is 3.62. The Hall–Kier alpha value is -2.25. The van der Waals surface area contributed by atoms with Gasteiger partial charge in [0.15, 0.2) is 0 Å². The molecule has 0 amide bonds. The predicted molar refractivity (Wildman–Crippen MR) is 76.2 cm³/mol. The molecule has 110 valence electrons. The number of aryl methyl sites for hydroxylation is 1. The molecule has 1 N–H and O–H groups in total. The summed E-state index contributed by atoms with van der Waals surface area (Å²) in [4.78, 5) is 31.8. The van der Waals surface area contributed by atoms with E-state index in [0.717, 1.165) is 0 Å². The van der Waals surface area contributed by atoms with Gasteiger partial charge in [0.05, 0.1) is 11.5 Å². The van der Waals surface area contributed by atoms with E-state index in [1.807, 2.05) is 18.7 Å². The molecule has 1 aromatic heterocycles. The van der Waals surface area contributed by atoms with E-state index >= 15 is 0 Å². The van der Waals surface area contributed by atoms with Crippen LogP contribution in [0, 0.1) is 17.0 Å².